The third kappa shape index (κ3) is 2.42. The topological polar surface area (TPSA) is 18.5 Å². The maximum atomic E-state index is 6.25. The third-order valence-electron chi connectivity index (χ3n) is 6.17. The molecule has 0 bridgehead atoms. The molecular formula is C16H32O2Si. The van der Waals surface area contributed by atoms with Crippen LogP contribution in [0.3, 0.4) is 0 Å². The Morgan fingerprint density at radius 2 is 0.895 bits per heavy atom. The van der Waals surface area contributed by atoms with Crippen LogP contribution in [-0.2, 0) is 8.85 Å². The molecule has 0 aromatic rings. The van der Waals surface area contributed by atoms with Crippen molar-refractivity contribution in [3.8, 4) is 0 Å². The van der Waals surface area contributed by atoms with Crippen LogP contribution in [0, 0.1) is 23.7 Å². The van der Waals surface area contributed by atoms with Crippen LogP contribution in [0.2, 0.25) is 11.1 Å². The van der Waals surface area contributed by atoms with Crippen LogP contribution in [0.15, 0.2) is 0 Å². The quantitative estimate of drug-likeness (QED) is 0.703. The normalized spacial score (nSPS) is 43.9. The summed E-state index contributed by atoms with van der Waals surface area (Å²) in [6.07, 6.45) is 5.40. The van der Waals surface area contributed by atoms with Crippen LogP contribution in [0.1, 0.15) is 53.4 Å². The molecule has 2 fully saturated rings. The Morgan fingerprint density at radius 1 is 0.632 bits per heavy atom. The molecule has 2 rings (SSSR count). The van der Waals surface area contributed by atoms with Crippen LogP contribution in [0.25, 0.3) is 0 Å². The van der Waals surface area contributed by atoms with Gasteiger partial charge in [-0.2, -0.15) is 0 Å². The van der Waals surface area contributed by atoms with Gasteiger partial charge in [-0.15, -0.1) is 0 Å². The monoisotopic (exact) mass is 284 g/mol. The van der Waals surface area contributed by atoms with Gasteiger partial charge in [0.15, 0.2) is 0 Å². The van der Waals surface area contributed by atoms with Crippen molar-refractivity contribution in [3.63, 3.8) is 0 Å². The highest BCUT2D eigenvalue weighted by atomic mass is 28.4. The van der Waals surface area contributed by atoms with Gasteiger partial charge >= 0.3 is 8.56 Å². The molecule has 112 valence electrons. The smallest absolute Gasteiger partial charge is 0.345 e. The SMILES string of the molecule is CO[Si](OC)(C1C(C)CCC1C)C1C(C)CCC1C. The first-order valence-electron chi connectivity index (χ1n) is 8.08. The molecule has 0 N–H and O–H groups in total. The molecule has 2 aliphatic carbocycles. The van der Waals surface area contributed by atoms with Gasteiger partial charge in [-0.1, -0.05) is 53.4 Å². The second-order valence-corrected chi connectivity index (χ2v) is 10.8. The van der Waals surface area contributed by atoms with E-state index in [1.54, 1.807) is 0 Å². The summed E-state index contributed by atoms with van der Waals surface area (Å²) in [6, 6.07) is 0. The van der Waals surface area contributed by atoms with Crippen LogP contribution in [0.4, 0.5) is 0 Å². The van der Waals surface area contributed by atoms with Gasteiger partial charge in [-0.3, -0.25) is 0 Å². The summed E-state index contributed by atoms with van der Waals surface area (Å²) in [4.78, 5) is 0. The van der Waals surface area contributed by atoms with Crippen LogP contribution in [-0.4, -0.2) is 22.8 Å². The molecule has 3 heteroatoms. The van der Waals surface area contributed by atoms with E-state index in [-0.39, 0.29) is 0 Å². The van der Waals surface area contributed by atoms with Crippen molar-refractivity contribution >= 4 is 8.56 Å². The van der Waals surface area contributed by atoms with Crippen molar-refractivity contribution in [1.82, 2.24) is 0 Å². The van der Waals surface area contributed by atoms with E-state index in [2.05, 4.69) is 27.7 Å². The van der Waals surface area contributed by atoms with E-state index in [0.717, 1.165) is 23.7 Å². The molecule has 0 heterocycles. The molecule has 0 spiro atoms. The third-order valence-corrected chi connectivity index (χ3v) is 11.6. The molecule has 2 nitrogen and oxygen atoms in total. The van der Waals surface area contributed by atoms with Crippen molar-refractivity contribution in [2.45, 2.75) is 64.5 Å². The number of hydrogen-bond donors (Lipinski definition) is 0. The highest BCUT2D eigenvalue weighted by Crippen LogP contribution is 2.58. The Labute approximate surface area is 120 Å². The van der Waals surface area contributed by atoms with Crippen LogP contribution in [0.5, 0.6) is 0 Å². The zero-order valence-corrected chi connectivity index (χ0v) is 14.6. The molecule has 4 unspecified atom stereocenters. The fourth-order valence-electron chi connectivity index (χ4n) is 5.33. The van der Waals surface area contributed by atoms with Gasteiger partial charge < -0.3 is 8.85 Å². The molecule has 4 atom stereocenters. The largest absolute Gasteiger partial charge is 0.397 e. The Morgan fingerprint density at radius 3 is 1.11 bits per heavy atom. The standard InChI is InChI=1S/C16H32O2Si/c1-11-7-8-12(2)15(11)19(17-5,18-6)16-13(3)9-10-14(16)4/h11-16H,7-10H2,1-6H3. The maximum absolute atomic E-state index is 6.25. The van der Waals surface area contributed by atoms with Crippen molar-refractivity contribution < 1.29 is 8.85 Å². The molecule has 2 aliphatic rings. The van der Waals surface area contributed by atoms with Gasteiger partial charge in [-0.05, 0) is 23.7 Å². The van der Waals surface area contributed by atoms with Gasteiger partial charge in [0.2, 0.25) is 0 Å². The summed E-state index contributed by atoms with van der Waals surface area (Å²) in [5.74, 6) is 3.06. The lowest BCUT2D eigenvalue weighted by molar-refractivity contribution is 0.184. The Hall–Kier alpha value is 0.137. The predicted octanol–water partition coefficient (Wildman–Crippen LogP) is 4.59. The molecule has 2 saturated carbocycles. The summed E-state index contributed by atoms with van der Waals surface area (Å²) in [6.45, 7) is 9.66. The minimum atomic E-state index is -2.13. The Bertz CT molecular complexity index is 257. The molecule has 0 aromatic heterocycles. The Balaban J connectivity index is 2.36. The van der Waals surface area contributed by atoms with E-state index in [0.29, 0.717) is 11.1 Å². The van der Waals surface area contributed by atoms with E-state index in [1.165, 1.54) is 25.7 Å². The van der Waals surface area contributed by atoms with Crippen molar-refractivity contribution in [3.05, 3.63) is 0 Å². The molecule has 0 aromatic carbocycles. The lowest BCUT2D eigenvalue weighted by Gasteiger charge is -2.44. The zero-order chi connectivity index (χ0) is 14.2. The summed E-state index contributed by atoms with van der Waals surface area (Å²) in [5, 5.41) is 0. The molecule has 0 saturated heterocycles. The van der Waals surface area contributed by atoms with E-state index in [1.807, 2.05) is 14.2 Å². The average molecular weight is 285 g/mol. The fourth-order valence-corrected chi connectivity index (χ4v) is 10.9. The van der Waals surface area contributed by atoms with Crippen molar-refractivity contribution in [1.29, 1.82) is 0 Å². The lowest BCUT2D eigenvalue weighted by Crippen LogP contribution is -2.54. The lowest BCUT2D eigenvalue weighted by atomic mass is 10.1. The fraction of sp³-hybridized carbons (Fsp3) is 1.00. The van der Waals surface area contributed by atoms with E-state index < -0.39 is 8.56 Å². The average Bonchev–Trinajstić information content (AvgIpc) is 2.90. The van der Waals surface area contributed by atoms with E-state index in [9.17, 15) is 0 Å². The summed E-state index contributed by atoms with van der Waals surface area (Å²) in [7, 11) is 1.71. The maximum Gasteiger partial charge on any atom is 0.345 e. The first-order chi connectivity index (χ1) is 8.97. The minimum Gasteiger partial charge on any atom is -0.397 e. The van der Waals surface area contributed by atoms with Crippen LogP contribution >= 0.6 is 0 Å². The highest BCUT2D eigenvalue weighted by Gasteiger charge is 2.60. The second-order valence-electron chi connectivity index (χ2n) is 7.25. The first kappa shape index (κ1) is 15.5. The van der Waals surface area contributed by atoms with Crippen molar-refractivity contribution in [2.24, 2.45) is 23.7 Å². The first-order valence-corrected chi connectivity index (χ1v) is 10.0. The Kier molecular flexibility index (Phi) is 4.79. The molecular weight excluding hydrogens is 252 g/mol. The minimum absolute atomic E-state index is 0.676. The summed E-state index contributed by atoms with van der Waals surface area (Å²) >= 11 is 0. The number of hydrogen-bond acceptors (Lipinski definition) is 2. The van der Waals surface area contributed by atoms with Gasteiger partial charge in [0.25, 0.3) is 0 Å². The molecule has 19 heavy (non-hydrogen) atoms. The molecule has 0 aliphatic heterocycles. The van der Waals surface area contributed by atoms with Crippen LogP contribution < -0.4 is 0 Å². The second kappa shape index (κ2) is 5.86. The molecule has 0 radical (unpaired) electrons. The summed E-state index contributed by atoms with van der Waals surface area (Å²) in [5.41, 5.74) is 1.35. The number of rotatable bonds is 4. The van der Waals surface area contributed by atoms with Gasteiger partial charge in [0.1, 0.15) is 0 Å². The summed E-state index contributed by atoms with van der Waals surface area (Å²) < 4.78 is 12.5. The molecule has 0 amide bonds. The van der Waals surface area contributed by atoms with Crippen molar-refractivity contribution in [2.75, 3.05) is 14.2 Å². The van der Waals surface area contributed by atoms with Gasteiger partial charge in [0, 0.05) is 25.3 Å². The van der Waals surface area contributed by atoms with Gasteiger partial charge in [0.05, 0.1) is 0 Å². The zero-order valence-electron chi connectivity index (χ0n) is 13.6. The van der Waals surface area contributed by atoms with E-state index >= 15 is 0 Å². The van der Waals surface area contributed by atoms with Gasteiger partial charge in [-0.25, -0.2) is 0 Å². The predicted molar refractivity (Wildman–Crippen MR) is 82.4 cm³/mol. The van der Waals surface area contributed by atoms with E-state index in [4.69, 9.17) is 8.85 Å². The highest BCUT2D eigenvalue weighted by molar-refractivity contribution is 6.71.